The van der Waals surface area contributed by atoms with Crippen molar-refractivity contribution in [1.82, 2.24) is 24.8 Å². The van der Waals surface area contributed by atoms with E-state index in [2.05, 4.69) is 53.2 Å². The molecule has 28 heavy (non-hydrogen) atoms. The van der Waals surface area contributed by atoms with Gasteiger partial charge in [0.05, 0.1) is 5.69 Å². The van der Waals surface area contributed by atoms with Gasteiger partial charge < -0.3 is 14.7 Å². The van der Waals surface area contributed by atoms with Gasteiger partial charge in [-0.2, -0.15) is 5.10 Å². The molecule has 0 spiro atoms. The van der Waals surface area contributed by atoms with E-state index in [9.17, 15) is 0 Å². The number of aromatic nitrogens is 5. The van der Waals surface area contributed by atoms with Crippen LogP contribution >= 0.6 is 0 Å². The minimum atomic E-state index is 0.909. The van der Waals surface area contributed by atoms with E-state index in [0.717, 1.165) is 67.9 Å². The van der Waals surface area contributed by atoms with Crippen molar-refractivity contribution in [3.8, 4) is 0 Å². The largest absolute Gasteiger partial charge is 0.355 e. The fourth-order valence-corrected chi connectivity index (χ4v) is 4.20. The van der Waals surface area contributed by atoms with Crippen molar-refractivity contribution in [2.24, 2.45) is 0 Å². The van der Waals surface area contributed by atoms with Crippen molar-refractivity contribution in [2.45, 2.75) is 26.2 Å². The SMILES string of the molecule is Cc1cc2c(N3CCN(c4ccc(N5CCCCC5)nn4)CC3)nccn2n1. The quantitative estimate of drug-likeness (QED) is 0.692. The number of rotatable bonds is 3. The maximum atomic E-state index is 4.62. The van der Waals surface area contributed by atoms with Gasteiger partial charge in [-0.15, -0.1) is 10.2 Å². The molecule has 3 aromatic rings. The van der Waals surface area contributed by atoms with E-state index in [-0.39, 0.29) is 0 Å². The molecule has 0 N–H and O–H groups in total. The van der Waals surface area contributed by atoms with Crippen LogP contribution in [0.25, 0.3) is 5.52 Å². The van der Waals surface area contributed by atoms with Crippen molar-refractivity contribution in [3.05, 3.63) is 36.3 Å². The smallest absolute Gasteiger partial charge is 0.154 e. The van der Waals surface area contributed by atoms with E-state index in [0.29, 0.717) is 0 Å². The number of nitrogens with zero attached hydrogens (tertiary/aromatic N) is 8. The van der Waals surface area contributed by atoms with Gasteiger partial charge in [-0.1, -0.05) is 0 Å². The maximum absolute atomic E-state index is 4.62. The lowest BCUT2D eigenvalue weighted by atomic mass is 10.1. The highest BCUT2D eigenvalue weighted by Gasteiger charge is 2.22. The zero-order valence-corrected chi connectivity index (χ0v) is 16.3. The fraction of sp³-hybridized carbons (Fsp3) is 0.500. The average molecular weight is 378 g/mol. The number of piperidine rings is 1. The van der Waals surface area contributed by atoms with Crippen molar-refractivity contribution >= 4 is 23.0 Å². The van der Waals surface area contributed by atoms with Crippen LogP contribution in [-0.2, 0) is 0 Å². The zero-order chi connectivity index (χ0) is 18.9. The molecular formula is C20H26N8. The molecule has 0 amide bonds. The van der Waals surface area contributed by atoms with Crippen LogP contribution in [0.1, 0.15) is 25.0 Å². The van der Waals surface area contributed by atoms with E-state index in [1.807, 2.05) is 23.8 Å². The van der Waals surface area contributed by atoms with Crippen molar-refractivity contribution < 1.29 is 0 Å². The first kappa shape index (κ1) is 17.2. The minimum absolute atomic E-state index is 0.909. The third kappa shape index (κ3) is 3.23. The first-order valence-electron chi connectivity index (χ1n) is 10.2. The maximum Gasteiger partial charge on any atom is 0.154 e. The number of anilines is 3. The second-order valence-corrected chi connectivity index (χ2v) is 7.64. The molecule has 0 radical (unpaired) electrons. The molecule has 0 bridgehead atoms. The van der Waals surface area contributed by atoms with E-state index >= 15 is 0 Å². The van der Waals surface area contributed by atoms with Gasteiger partial charge in [0.2, 0.25) is 0 Å². The summed E-state index contributed by atoms with van der Waals surface area (Å²) in [5, 5.41) is 13.5. The van der Waals surface area contributed by atoms with Crippen molar-refractivity contribution in [1.29, 1.82) is 0 Å². The summed E-state index contributed by atoms with van der Waals surface area (Å²) in [6, 6.07) is 6.34. The lowest BCUT2D eigenvalue weighted by Gasteiger charge is -2.36. The van der Waals surface area contributed by atoms with Crippen LogP contribution in [0.15, 0.2) is 30.6 Å². The summed E-state index contributed by atoms with van der Waals surface area (Å²) >= 11 is 0. The van der Waals surface area contributed by atoms with Crippen LogP contribution in [0.5, 0.6) is 0 Å². The Kier molecular flexibility index (Phi) is 4.46. The summed E-state index contributed by atoms with van der Waals surface area (Å²) in [5.74, 6) is 2.98. The first-order chi connectivity index (χ1) is 13.8. The van der Waals surface area contributed by atoms with Gasteiger partial charge in [0.25, 0.3) is 0 Å². The van der Waals surface area contributed by atoms with E-state index in [4.69, 9.17) is 0 Å². The summed E-state index contributed by atoms with van der Waals surface area (Å²) in [4.78, 5) is 11.6. The average Bonchev–Trinajstić information content (AvgIpc) is 3.15. The molecule has 146 valence electrons. The standard InChI is InChI=1S/C20H26N8/c1-16-15-17-20(21-7-10-28(17)24-16)27-13-11-26(12-14-27)19-6-5-18(22-23-19)25-8-3-2-4-9-25/h5-7,10,15H,2-4,8-9,11-14H2,1H3. The second kappa shape index (κ2) is 7.26. The molecule has 0 aromatic carbocycles. The fourth-order valence-electron chi connectivity index (χ4n) is 4.20. The zero-order valence-electron chi connectivity index (χ0n) is 16.3. The summed E-state index contributed by atoms with van der Waals surface area (Å²) in [5.41, 5.74) is 2.08. The molecule has 8 heteroatoms. The van der Waals surface area contributed by atoms with Gasteiger partial charge >= 0.3 is 0 Å². The van der Waals surface area contributed by atoms with E-state index < -0.39 is 0 Å². The lowest BCUT2D eigenvalue weighted by molar-refractivity contribution is 0.570. The van der Waals surface area contributed by atoms with Crippen molar-refractivity contribution in [3.63, 3.8) is 0 Å². The van der Waals surface area contributed by atoms with Crippen LogP contribution in [0.3, 0.4) is 0 Å². The second-order valence-electron chi connectivity index (χ2n) is 7.64. The molecule has 2 fully saturated rings. The van der Waals surface area contributed by atoms with Crippen LogP contribution in [0, 0.1) is 6.92 Å². The molecule has 0 unspecified atom stereocenters. The Balaban J connectivity index is 1.26. The Hall–Kier alpha value is -2.90. The Morgan fingerprint density at radius 3 is 2.11 bits per heavy atom. The summed E-state index contributed by atoms with van der Waals surface area (Å²) in [6.45, 7) is 7.85. The summed E-state index contributed by atoms with van der Waals surface area (Å²) in [7, 11) is 0. The molecule has 0 saturated carbocycles. The highest BCUT2D eigenvalue weighted by molar-refractivity contribution is 5.69. The number of fused-ring (bicyclic) bond motifs is 1. The third-order valence-corrected chi connectivity index (χ3v) is 5.71. The normalized spacial score (nSPS) is 18.1. The van der Waals surface area contributed by atoms with Crippen LogP contribution in [0.4, 0.5) is 17.5 Å². The Morgan fingerprint density at radius 1 is 0.786 bits per heavy atom. The Morgan fingerprint density at radius 2 is 1.43 bits per heavy atom. The molecular weight excluding hydrogens is 352 g/mol. The van der Waals surface area contributed by atoms with Gasteiger partial charge in [-0.3, -0.25) is 0 Å². The van der Waals surface area contributed by atoms with Gasteiger partial charge in [-0.25, -0.2) is 9.50 Å². The number of aryl methyl sites for hydroxylation is 1. The molecule has 5 heterocycles. The van der Waals surface area contributed by atoms with Gasteiger partial charge in [0.1, 0.15) is 5.52 Å². The molecule has 0 atom stereocenters. The van der Waals surface area contributed by atoms with Gasteiger partial charge in [0, 0.05) is 51.7 Å². The Labute approximate surface area is 164 Å². The summed E-state index contributed by atoms with van der Waals surface area (Å²) in [6.07, 6.45) is 7.56. The molecule has 0 aliphatic carbocycles. The number of hydrogen-bond acceptors (Lipinski definition) is 7. The van der Waals surface area contributed by atoms with E-state index in [1.54, 1.807) is 0 Å². The van der Waals surface area contributed by atoms with E-state index in [1.165, 1.54) is 19.3 Å². The molecule has 2 aliphatic heterocycles. The van der Waals surface area contributed by atoms with Crippen LogP contribution in [0.2, 0.25) is 0 Å². The molecule has 2 aliphatic rings. The monoisotopic (exact) mass is 378 g/mol. The Bertz CT molecular complexity index is 936. The van der Waals surface area contributed by atoms with Crippen molar-refractivity contribution in [2.75, 3.05) is 54.0 Å². The first-order valence-corrected chi connectivity index (χ1v) is 10.2. The van der Waals surface area contributed by atoms with Gasteiger partial charge in [0.15, 0.2) is 17.5 Å². The van der Waals surface area contributed by atoms with Crippen LogP contribution < -0.4 is 14.7 Å². The van der Waals surface area contributed by atoms with Crippen LogP contribution in [-0.4, -0.2) is 64.1 Å². The predicted octanol–water partition coefficient (Wildman–Crippen LogP) is 2.14. The highest BCUT2D eigenvalue weighted by Crippen LogP contribution is 2.23. The number of piperazine rings is 1. The summed E-state index contributed by atoms with van der Waals surface area (Å²) < 4.78 is 1.91. The molecule has 2 saturated heterocycles. The third-order valence-electron chi connectivity index (χ3n) is 5.71. The minimum Gasteiger partial charge on any atom is -0.355 e. The molecule has 5 rings (SSSR count). The highest BCUT2D eigenvalue weighted by atomic mass is 15.4. The topological polar surface area (TPSA) is 65.7 Å². The number of hydrogen-bond donors (Lipinski definition) is 0. The molecule has 3 aromatic heterocycles. The predicted molar refractivity (Wildman–Crippen MR) is 110 cm³/mol. The van der Waals surface area contributed by atoms with Gasteiger partial charge in [-0.05, 0) is 44.4 Å². The lowest BCUT2D eigenvalue weighted by Crippen LogP contribution is -2.47. The molecule has 8 nitrogen and oxygen atoms in total.